The van der Waals surface area contributed by atoms with E-state index in [4.69, 9.17) is 4.74 Å². The SMILES string of the molecule is CCOc1ccc(-c2nnc(C3CC(NC(=O)c4cccc5cccnc45)C3)n2-c2ccccc2)nc1. The Labute approximate surface area is 214 Å². The van der Waals surface area contributed by atoms with Crippen molar-refractivity contribution in [2.45, 2.75) is 31.7 Å². The molecule has 1 amide bonds. The van der Waals surface area contributed by atoms with E-state index in [9.17, 15) is 4.79 Å². The predicted molar refractivity (Wildman–Crippen MR) is 141 cm³/mol. The minimum atomic E-state index is -0.100. The molecular formula is C29H26N6O2. The van der Waals surface area contributed by atoms with Gasteiger partial charge < -0.3 is 10.1 Å². The Balaban J connectivity index is 1.23. The van der Waals surface area contributed by atoms with Crippen LogP contribution in [0.15, 0.2) is 85.2 Å². The van der Waals surface area contributed by atoms with Gasteiger partial charge in [-0.05, 0) is 56.2 Å². The molecule has 8 nitrogen and oxygen atoms in total. The number of amides is 1. The van der Waals surface area contributed by atoms with E-state index in [1.54, 1.807) is 12.4 Å². The van der Waals surface area contributed by atoms with Crippen molar-refractivity contribution in [3.05, 3.63) is 96.6 Å². The molecule has 8 heteroatoms. The molecular weight excluding hydrogens is 464 g/mol. The lowest BCUT2D eigenvalue weighted by Crippen LogP contribution is -2.44. The Bertz CT molecular complexity index is 1540. The summed E-state index contributed by atoms with van der Waals surface area (Å²) in [6.45, 7) is 2.53. The van der Waals surface area contributed by atoms with Crippen LogP contribution in [0.25, 0.3) is 28.1 Å². The van der Waals surface area contributed by atoms with Crippen molar-refractivity contribution in [1.29, 1.82) is 0 Å². The molecule has 1 saturated carbocycles. The molecule has 0 spiro atoms. The summed E-state index contributed by atoms with van der Waals surface area (Å²) in [5, 5.41) is 13.2. The fourth-order valence-electron chi connectivity index (χ4n) is 4.82. The van der Waals surface area contributed by atoms with Crippen molar-refractivity contribution in [3.8, 4) is 23.0 Å². The van der Waals surface area contributed by atoms with Gasteiger partial charge in [-0.3, -0.25) is 14.3 Å². The molecule has 1 N–H and O–H groups in total. The van der Waals surface area contributed by atoms with E-state index >= 15 is 0 Å². The third kappa shape index (κ3) is 4.42. The maximum Gasteiger partial charge on any atom is 0.253 e. The number of aromatic nitrogens is 5. The average molecular weight is 491 g/mol. The van der Waals surface area contributed by atoms with Crippen LogP contribution in [0.4, 0.5) is 0 Å². The Morgan fingerprint density at radius 1 is 0.973 bits per heavy atom. The second-order valence-corrected chi connectivity index (χ2v) is 9.08. The summed E-state index contributed by atoms with van der Waals surface area (Å²) in [4.78, 5) is 22.0. The van der Waals surface area contributed by atoms with Crippen molar-refractivity contribution in [2.24, 2.45) is 0 Å². The van der Waals surface area contributed by atoms with E-state index in [0.717, 1.165) is 46.7 Å². The molecule has 1 fully saturated rings. The summed E-state index contributed by atoms with van der Waals surface area (Å²) in [6, 6.07) is 23.4. The highest BCUT2D eigenvalue weighted by Crippen LogP contribution is 2.38. The number of hydrogen-bond donors (Lipinski definition) is 1. The molecule has 3 heterocycles. The van der Waals surface area contributed by atoms with Gasteiger partial charge in [-0.15, -0.1) is 10.2 Å². The summed E-state index contributed by atoms with van der Waals surface area (Å²) in [5.74, 6) is 2.33. The van der Waals surface area contributed by atoms with E-state index in [1.807, 2.05) is 79.7 Å². The van der Waals surface area contributed by atoms with Crippen molar-refractivity contribution in [2.75, 3.05) is 6.61 Å². The zero-order chi connectivity index (χ0) is 25.2. The van der Waals surface area contributed by atoms with Crippen LogP contribution in [-0.4, -0.2) is 43.3 Å². The highest BCUT2D eigenvalue weighted by atomic mass is 16.5. The number of para-hydroxylation sites is 2. The van der Waals surface area contributed by atoms with Gasteiger partial charge in [0, 0.05) is 29.2 Å². The molecule has 0 aliphatic heterocycles. The highest BCUT2D eigenvalue weighted by molar-refractivity contribution is 6.05. The van der Waals surface area contributed by atoms with Gasteiger partial charge in [0.25, 0.3) is 5.91 Å². The highest BCUT2D eigenvalue weighted by Gasteiger charge is 2.36. The summed E-state index contributed by atoms with van der Waals surface area (Å²) in [6.07, 6.45) is 4.99. The minimum absolute atomic E-state index is 0.0597. The van der Waals surface area contributed by atoms with Crippen LogP contribution >= 0.6 is 0 Å². The van der Waals surface area contributed by atoms with E-state index < -0.39 is 0 Å². The number of pyridine rings is 2. The third-order valence-corrected chi connectivity index (χ3v) is 6.69. The first-order chi connectivity index (χ1) is 18.2. The standard InChI is InChI=1S/C29H26N6O2/c1-2-37-23-13-14-25(31-18-23)28-34-33-27(35(28)22-10-4-3-5-11-22)20-16-21(17-20)32-29(36)24-12-6-8-19-9-7-15-30-26(19)24/h3-15,18,20-21H,2,16-17H2,1H3,(H,32,36). The quantitative estimate of drug-likeness (QED) is 0.347. The second kappa shape index (κ2) is 9.81. The molecule has 0 unspecified atom stereocenters. The van der Waals surface area contributed by atoms with Gasteiger partial charge in [-0.1, -0.05) is 36.4 Å². The number of carbonyl (C=O) groups excluding carboxylic acids is 1. The predicted octanol–water partition coefficient (Wildman–Crippen LogP) is 4.95. The van der Waals surface area contributed by atoms with Crippen LogP contribution in [0.1, 0.15) is 41.9 Å². The Kier molecular flexibility index (Phi) is 6.06. The van der Waals surface area contributed by atoms with Crippen molar-refractivity contribution >= 4 is 16.8 Å². The van der Waals surface area contributed by atoms with Gasteiger partial charge in [0.2, 0.25) is 0 Å². The molecule has 5 aromatic rings. The number of ether oxygens (including phenoxy) is 1. The molecule has 3 aromatic heterocycles. The molecule has 2 aromatic carbocycles. The zero-order valence-corrected chi connectivity index (χ0v) is 20.4. The van der Waals surface area contributed by atoms with E-state index in [-0.39, 0.29) is 17.9 Å². The topological polar surface area (TPSA) is 94.8 Å². The van der Waals surface area contributed by atoms with Crippen LogP contribution in [0.2, 0.25) is 0 Å². The molecule has 1 aliphatic rings. The van der Waals surface area contributed by atoms with Crippen LogP contribution in [0.3, 0.4) is 0 Å². The largest absolute Gasteiger partial charge is 0.492 e. The molecule has 184 valence electrons. The molecule has 0 radical (unpaired) electrons. The summed E-state index contributed by atoms with van der Waals surface area (Å²) in [7, 11) is 0. The van der Waals surface area contributed by atoms with Gasteiger partial charge in [-0.25, -0.2) is 4.98 Å². The van der Waals surface area contributed by atoms with Gasteiger partial charge in [0.15, 0.2) is 5.82 Å². The molecule has 1 aliphatic carbocycles. The number of nitrogens with zero attached hydrogens (tertiary/aromatic N) is 5. The number of rotatable bonds is 7. The van der Waals surface area contributed by atoms with E-state index in [0.29, 0.717) is 18.0 Å². The lowest BCUT2D eigenvalue weighted by Gasteiger charge is -2.35. The Morgan fingerprint density at radius 2 is 1.81 bits per heavy atom. The first-order valence-corrected chi connectivity index (χ1v) is 12.5. The number of fused-ring (bicyclic) bond motifs is 1. The molecule has 6 rings (SSSR count). The maximum atomic E-state index is 13.1. The van der Waals surface area contributed by atoms with Crippen LogP contribution < -0.4 is 10.1 Å². The van der Waals surface area contributed by atoms with E-state index in [1.165, 1.54) is 0 Å². The van der Waals surface area contributed by atoms with Gasteiger partial charge in [0.05, 0.1) is 23.9 Å². The van der Waals surface area contributed by atoms with Gasteiger partial charge >= 0.3 is 0 Å². The monoisotopic (exact) mass is 490 g/mol. The average Bonchev–Trinajstić information content (AvgIpc) is 3.35. The van der Waals surface area contributed by atoms with Crippen molar-refractivity contribution in [1.82, 2.24) is 30.0 Å². The van der Waals surface area contributed by atoms with E-state index in [2.05, 4.69) is 30.0 Å². The van der Waals surface area contributed by atoms with Crippen LogP contribution in [0, 0.1) is 0 Å². The normalized spacial score (nSPS) is 16.8. The van der Waals surface area contributed by atoms with Crippen molar-refractivity contribution in [3.63, 3.8) is 0 Å². The first kappa shape index (κ1) is 22.8. The second-order valence-electron chi connectivity index (χ2n) is 9.08. The number of benzene rings is 2. The summed E-state index contributed by atoms with van der Waals surface area (Å²) >= 11 is 0. The smallest absolute Gasteiger partial charge is 0.253 e. The Hall–Kier alpha value is -4.59. The molecule has 0 atom stereocenters. The number of nitrogens with one attached hydrogen (secondary N) is 1. The first-order valence-electron chi connectivity index (χ1n) is 12.5. The van der Waals surface area contributed by atoms with Gasteiger partial charge in [-0.2, -0.15) is 0 Å². The van der Waals surface area contributed by atoms with Crippen LogP contribution in [-0.2, 0) is 0 Å². The number of carbonyl (C=O) groups is 1. The molecule has 37 heavy (non-hydrogen) atoms. The van der Waals surface area contributed by atoms with Crippen molar-refractivity contribution < 1.29 is 9.53 Å². The van der Waals surface area contributed by atoms with Gasteiger partial charge in [0.1, 0.15) is 17.3 Å². The summed E-state index contributed by atoms with van der Waals surface area (Å²) < 4.78 is 7.61. The van der Waals surface area contributed by atoms with Crippen LogP contribution in [0.5, 0.6) is 5.75 Å². The zero-order valence-electron chi connectivity index (χ0n) is 20.4. The summed E-state index contributed by atoms with van der Waals surface area (Å²) in [5.41, 5.74) is 3.01. The lowest BCUT2D eigenvalue weighted by atomic mass is 9.79. The lowest BCUT2D eigenvalue weighted by molar-refractivity contribution is 0.0908. The molecule has 0 bridgehead atoms. The molecule has 0 saturated heterocycles. The fourth-order valence-corrected chi connectivity index (χ4v) is 4.82. The number of hydrogen-bond acceptors (Lipinski definition) is 6. The third-order valence-electron chi connectivity index (χ3n) is 6.69. The Morgan fingerprint density at radius 3 is 2.59 bits per heavy atom. The maximum absolute atomic E-state index is 13.1. The fraction of sp³-hybridized carbons (Fsp3) is 0.207. The minimum Gasteiger partial charge on any atom is -0.492 e.